The minimum absolute atomic E-state index is 0.213. The largest absolute Gasteiger partial charge is 0.343 e. The van der Waals surface area contributed by atoms with Gasteiger partial charge in [-0.25, -0.2) is 4.98 Å². The van der Waals surface area contributed by atoms with Gasteiger partial charge in [0, 0.05) is 25.3 Å². The predicted octanol–water partition coefficient (Wildman–Crippen LogP) is 0.569. The Labute approximate surface area is 124 Å². The molecule has 0 atom stereocenters. The van der Waals surface area contributed by atoms with E-state index in [9.17, 15) is 9.59 Å². The van der Waals surface area contributed by atoms with Crippen molar-refractivity contribution in [2.24, 2.45) is 0 Å². The summed E-state index contributed by atoms with van der Waals surface area (Å²) in [6, 6.07) is 0. The first-order valence-corrected chi connectivity index (χ1v) is 7.43. The number of hydrogen-bond acceptors (Lipinski definition) is 6. The first-order valence-electron chi connectivity index (χ1n) is 6.56. The molecule has 0 fully saturated rings. The molecule has 0 bridgehead atoms. The summed E-state index contributed by atoms with van der Waals surface area (Å²) in [4.78, 5) is 27.0. The fraction of sp³-hybridized carbons (Fsp3) is 0.417. The Morgan fingerprint density at radius 1 is 1.43 bits per heavy atom. The summed E-state index contributed by atoms with van der Waals surface area (Å²) >= 11 is 1.21. The molecule has 9 heteroatoms. The standard InChI is InChI=1S/C12H14N6O2S/c1-7(19)14-12-15-8(6-21-12)11(20)13-5-10-17-16-9-3-2-4-18(9)10/h6H,2-5H2,1H3,(H,13,20)(H,14,15,19). The number of amides is 2. The second-order valence-corrected chi connectivity index (χ2v) is 5.55. The van der Waals surface area contributed by atoms with Crippen molar-refractivity contribution in [1.29, 1.82) is 0 Å². The zero-order chi connectivity index (χ0) is 14.8. The second-order valence-electron chi connectivity index (χ2n) is 4.69. The van der Waals surface area contributed by atoms with E-state index in [-0.39, 0.29) is 17.5 Å². The van der Waals surface area contributed by atoms with E-state index in [1.165, 1.54) is 18.3 Å². The van der Waals surface area contributed by atoms with Gasteiger partial charge in [0.05, 0.1) is 6.54 Å². The Morgan fingerprint density at radius 2 is 2.29 bits per heavy atom. The normalized spacial score (nSPS) is 13.0. The van der Waals surface area contributed by atoms with E-state index in [0.717, 1.165) is 31.0 Å². The minimum atomic E-state index is -0.293. The molecule has 110 valence electrons. The van der Waals surface area contributed by atoms with Crippen LogP contribution in [0.3, 0.4) is 0 Å². The molecule has 0 saturated heterocycles. The van der Waals surface area contributed by atoms with Gasteiger partial charge < -0.3 is 15.2 Å². The number of rotatable bonds is 4. The third kappa shape index (κ3) is 2.92. The summed E-state index contributed by atoms with van der Waals surface area (Å²) in [5.41, 5.74) is 0.282. The highest BCUT2D eigenvalue weighted by Gasteiger charge is 2.18. The number of thiazole rings is 1. The molecule has 0 unspecified atom stereocenters. The maximum absolute atomic E-state index is 12.0. The van der Waals surface area contributed by atoms with Crippen molar-refractivity contribution in [3.63, 3.8) is 0 Å². The molecule has 0 radical (unpaired) electrons. The number of fused-ring (bicyclic) bond motifs is 1. The Kier molecular flexibility index (Phi) is 3.65. The van der Waals surface area contributed by atoms with Crippen LogP contribution in [0.5, 0.6) is 0 Å². The molecule has 1 aliphatic heterocycles. The van der Waals surface area contributed by atoms with Gasteiger partial charge in [-0.2, -0.15) is 0 Å². The van der Waals surface area contributed by atoms with Gasteiger partial charge in [0.15, 0.2) is 11.0 Å². The molecule has 2 aromatic heterocycles. The van der Waals surface area contributed by atoms with Crippen molar-refractivity contribution in [3.8, 4) is 0 Å². The molecule has 2 aromatic rings. The van der Waals surface area contributed by atoms with Crippen LogP contribution in [-0.2, 0) is 24.3 Å². The first-order chi connectivity index (χ1) is 10.1. The molecular formula is C12H14N6O2S. The number of aryl methyl sites for hydroxylation is 1. The van der Waals surface area contributed by atoms with E-state index in [2.05, 4.69) is 25.8 Å². The van der Waals surface area contributed by atoms with Crippen LogP contribution >= 0.6 is 11.3 Å². The summed E-state index contributed by atoms with van der Waals surface area (Å²) in [5.74, 6) is 1.22. The second kappa shape index (κ2) is 5.60. The lowest BCUT2D eigenvalue weighted by atomic mass is 10.4. The van der Waals surface area contributed by atoms with Gasteiger partial charge in [0.25, 0.3) is 5.91 Å². The highest BCUT2D eigenvalue weighted by molar-refractivity contribution is 7.14. The molecule has 0 aliphatic carbocycles. The van der Waals surface area contributed by atoms with Crippen molar-refractivity contribution in [3.05, 3.63) is 22.7 Å². The molecule has 2 amide bonds. The van der Waals surface area contributed by atoms with Crippen molar-refractivity contribution in [2.75, 3.05) is 5.32 Å². The predicted molar refractivity (Wildman–Crippen MR) is 75.9 cm³/mol. The average molecular weight is 306 g/mol. The van der Waals surface area contributed by atoms with Gasteiger partial charge in [-0.05, 0) is 6.42 Å². The number of nitrogens with one attached hydrogen (secondary N) is 2. The van der Waals surface area contributed by atoms with E-state index in [4.69, 9.17) is 0 Å². The minimum Gasteiger partial charge on any atom is -0.343 e. The van der Waals surface area contributed by atoms with Crippen LogP contribution in [-0.4, -0.2) is 31.6 Å². The zero-order valence-corrected chi connectivity index (χ0v) is 12.2. The summed E-state index contributed by atoms with van der Waals surface area (Å²) in [6.45, 7) is 2.61. The molecule has 0 aromatic carbocycles. The maximum Gasteiger partial charge on any atom is 0.271 e. The fourth-order valence-electron chi connectivity index (χ4n) is 2.18. The van der Waals surface area contributed by atoms with Gasteiger partial charge >= 0.3 is 0 Å². The van der Waals surface area contributed by atoms with Crippen LogP contribution in [0, 0.1) is 0 Å². The quantitative estimate of drug-likeness (QED) is 0.860. The number of nitrogens with zero attached hydrogens (tertiary/aromatic N) is 4. The maximum atomic E-state index is 12.0. The van der Waals surface area contributed by atoms with Crippen molar-refractivity contribution in [1.82, 2.24) is 25.1 Å². The van der Waals surface area contributed by atoms with Crippen molar-refractivity contribution in [2.45, 2.75) is 32.9 Å². The summed E-state index contributed by atoms with van der Waals surface area (Å²) in [5, 5.41) is 15.5. The van der Waals surface area contributed by atoms with E-state index >= 15 is 0 Å². The lowest BCUT2D eigenvalue weighted by Crippen LogP contribution is -2.25. The smallest absolute Gasteiger partial charge is 0.271 e. The lowest BCUT2D eigenvalue weighted by Gasteiger charge is -2.04. The first kappa shape index (κ1) is 13.7. The molecule has 3 heterocycles. The van der Waals surface area contributed by atoms with Gasteiger partial charge in [-0.3, -0.25) is 9.59 Å². The van der Waals surface area contributed by atoms with Crippen LogP contribution in [0.1, 0.15) is 35.5 Å². The summed E-state index contributed by atoms with van der Waals surface area (Å²) < 4.78 is 2.03. The van der Waals surface area contributed by atoms with Crippen LogP contribution in [0.4, 0.5) is 5.13 Å². The SMILES string of the molecule is CC(=O)Nc1nc(C(=O)NCc2nnc3n2CCC3)cs1. The van der Waals surface area contributed by atoms with Crippen LogP contribution in [0.2, 0.25) is 0 Å². The van der Waals surface area contributed by atoms with E-state index in [0.29, 0.717) is 11.7 Å². The molecule has 2 N–H and O–H groups in total. The molecule has 0 saturated carbocycles. The third-order valence-electron chi connectivity index (χ3n) is 3.11. The number of anilines is 1. The van der Waals surface area contributed by atoms with Crippen molar-refractivity contribution < 1.29 is 9.59 Å². The summed E-state index contributed by atoms with van der Waals surface area (Å²) in [7, 11) is 0. The Balaban J connectivity index is 1.61. The van der Waals surface area contributed by atoms with E-state index in [1.54, 1.807) is 5.38 Å². The Bertz CT molecular complexity index is 692. The lowest BCUT2D eigenvalue weighted by molar-refractivity contribution is -0.114. The number of aromatic nitrogens is 4. The van der Waals surface area contributed by atoms with Crippen molar-refractivity contribution >= 4 is 28.3 Å². The molecule has 1 aliphatic rings. The molecule has 21 heavy (non-hydrogen) atoms. The topological polar surface area (TPSA) is 102 Å². The average Bonchev–Trinajstić information content (AvgIpc) is 3.11. The van der Waals surface area contributed by atoms with Gasteiger partial charge in [0.2, 0.25) is 5.91 Å². The number of carbonyl (C=O) groups excluding carboxylic acids is 2. The highest BCUT2D eigenvalue weighted by Crippen LogP contribution is 2.16. The fourth-order valence-corrected chi connectivity index (χ4v) is 2.91. The van der Waals surface area contributed by atoms with E-state index < -0.39 is 0 Å². The van der Waals surface area contributed by atoms with Crippen LogP contribution < -0.4 is 10.6 Å². The van der Waals surface area contributed by atoms with Crippen LogP contribution in [0.25, 0.3) is 0 Å². The Hall–Kier alpha value is -2.29. The molecule has 3 rings (SSSR count). The van der Waals surface area contributed by atoms with Gasteiger partial charge in [-0.1, -0.05) is 0 Å². The molecule has 0 spiro atoms. The molecular weight excluding hydrogens is 292 g/mol. The zero-order valence-electron chi connectivity index (χ0n) is 11.4. The monoisotopic (exact) mass is 306 g/mol. The third-order valence-corrected chi connectivity index (χ3v) is 3.87. The van der Waals surface area contributed by atoms with Crippen LogP contribution in [0.15, 0.2) is 5.38 Å². The van der Waals surface area contributed by atoms with E-state index in [1.807, 2.05) is 4.57 Å². The Morgan fingerprint density at radius 3 is 3.10 bits per heavy atom. The van der Waals surface area contributed by atoms with Gasteiger partial charge in [-0.15, -0.1) is 21.5 Å². The number of hydrogen-bond donors (Lipinski definition) is 2. The van der Waals surface area contributed by atoms with Gasteiger partial charge in [0.1, 0.15) is 11.5 Å². The number of carbonyl (C=O) groups is 2. The highest BCUT2D eigenvalue weighted by atomic mass is 32.1. The molecule has 8 nitrogen and oxygen atoms in total. The summed E-state index contributed by atoms with van der Waals surface area (Å²) in [6.07, 6.45) is 2.01.